The van der Waals surface area contributed by atoms with Gasteiger partial charge in [-0.2, -0.15) is 0 Å². The number of hydrogen-bond donors (Lipinski definition) is 2. The fourth-order valence-electron chi connectivity index (χ4n) is 6.30. The third-order valence-electron chi connectivity index (χ3n) is 7.34. The lowest BCUT2D eigenvalue weighted by Gasteiger charge is -2.53. The molecular weight excluding hydrogens is 344 g/mol. The van der Waals surface area contributed by atoms with Crippen LogP contribution >= 0.6 is 0 Å². The van der Waals surface area contributed by atoms with Crippen LogP contribution in [-0.4, -0.2) is 30.1 Å². The first-order valence-corrected chi connectivity index (χ1v) is 10.8. The maximum absolute atomic E-state index is 12.7. The van der Waals surface area contributed by atoms with E-state index in [0.29, 0.717) is 11.8 Å². The average Bonchev–Trinajstić information content (AvgIpc) is 2.61. The lowest BCUT2D eigenvalue weighted by molar-refractivity contribution is -0.170. The van der Waals surface area contributed by atoms with Crippen LogP contribution in [0.15, 0.2) is 0 Å². The Morgan fingerprint density at radius 2 is 1.48 bits per heavy atom. The van der Waals surface area contributed by atoms with Crippen molar-refractivity contribution in [3.63, 3.8) is 0 Å². The number of imide groups is 1. The molecule has 3 amide bonds. The second-order valence-corrected chi connectivity index (χ2v) is 9.33. The topological polar surface area (TPSA) is 84.5 Å². The molecule has 0 heterocycles. The van der Waals surface area contributed by atoms with E-state index >= 15 is 0 Å². The highest BCUT2D eigenvalue weighted by Gasteiger charge is 2.51. The monoisotopic (exact) mass is 376 g/mol. The van der Waals surface area contributed by atoms with E-state index in [1.165, 1.54) is 12.8 Å². The van der Waals surface area contributed by atoms with Crippen molar-refractivity contribution in [2.45, 2.75) is 83.3 Å². The molecule has 6 heteroatoms. The Balaban J connectivity index is 1.25. The number of esters is 1. The molecule has 0 radical (unpaired) electrons. The van der Waals surface area contributed by atoms with Crippen molar-refractivity contribution in [3.8, 4) is 0 Å². The molecule has 4 bridgehead atoms. The lowest BCUT2D eigenvalue weighted by atomic mass is 9.52. The largest absolute Gasteiger partial charge is 0.452 e. The summed E-state index contributed by atoms with van der Waals surface area (Å²) in [4.78, 5) is 37.0. The van der Waals surface area contributed by atoms with E-state index in [-0.39, 0.29) is 17.9 Å². The van der Waals surface area contributed by atoms with Gasteiger partial charge in [-0.05, 0) is 75.5 Å². The van der Waals surface area contributed by atoms with Gasteiger partial charge in [-0.3, -0.25) is 14.9 Å². The highest BCUT2D eigenvalue weighted by Crippen LogP contribution is 2.56. The van der Waals surface area contributed by atoms with Crippen molar-refractivity contribution in [3.05, 3.63) is 0 Å². The van der Waals surface area contributed by atoms with Gasteiger partial charge in [-0.15, -0.1) is 0 Å². The maximum atomic E-state index is 12.7. The van der Waals surface area contributed by atoms with E-state index in [1.54, 1.807) is 6.92 Å². The van der Waals surface area contributed by atoms with Crippen LogP contribution in [0.4, 0.5) is 4.79 Å². The van der Waals surface area contributed by atoms with Crippen molar-refractivity contribution in [1.82, 2.24) is 10.6 Å². The molecule has 27 heavy (non-hydrogen) atoms. The Hall–Kier alpha value is -1.59. The van der Waals surface area contributed by atoms with Gasteiger partial charge in [0.25, 0.3) is 5.91 Å². The molecule has 5 aliphatic rings. The van der Waals surface area contributed by atoms with Crippen molar-refractivity contribution in [2.24, 2.45) is 29.6 Å². The zero-order valence-electron chi connectivity index (χ0n) is 16.2. The zero-order chi connectivity index (χ0) is 19.0. The maximum Gasteiger partial charge on any atom is 0.321 e. The minimum absolute atomic E-state index is 0.0517. The van der Waals surface area contributed by atoms with Crippen LogP contribution in [0.25, 0.3) is 0 Å². The predicted octanol–water partition coefficient (Wildman–Crippen LogP) is 3.15. The van der Waals surface area contributed by atoms with E-state index in [1.807, 2.05) is 0 Å². The van der Waals surface area contributed by atoms with Gasteiger partial charge in [-0.25, -0.2) is 4.79 Å². The van der Waals surface area contributed by atoms with Crippen LogP contribution in [0.3, 0.4) is 0 Å². The van der Waals surface area contributed by atoms with Crippen LogP contribution in [0, 0.1) is 29.6 Å². The summed E-state index contributed by atoms with van der Waals surface area (Å²) in [7, 11) is 0. The Morgan fingerprint density at radius 1 is 0.889 bits per heavy atom. The van der Waals surface area contributed by atoms with Gasteiger partial charge in [0.2, 0.25) is 0 Å². The lowest BCUT2D eigenvalue weighted by Crippen LogP contribution is -2.51. The second-order valence-electron chi connectivity index (χ2n) is 9.33. The highest BCUT2D eigenvalue weighted by molar-refractivity contribution is 5.97. The first-order valence-electron chi connectivity index (χ1n) is 10.8. The molecule has 5 rings (SSSR count). The number of amides is 3. The summed E-state index contributed by atoms with van der Waals surface area (Å²) in [5.41, 5.74) is 0. The highest BCUT2D eigenvalue weighted by atomic mass is 16.5. The molecule has 150 valence electrons. The van der Waals surface area contributed by atoms with Crippen molar-refractivity contribution in [2.75, 3.05) is 0 Å². The van der Waals surface area contributed by atoms with Crippen molar-refractivity contribution < 1.29 is 19.1 Å². The number of rotatable bonds is 4. The quantitative estimate of drug-likeness (QED) is 0.738. The molecule has 0 aliphatic heterocycles. The molecule has 5 fully saturated rings. The third kappa shape index (κ3) is 4.14. The number of carbonyl (C=O) groups excluding carboxylic acids is 3. The Bertz CT molecular complexity index is 571. The van der Waals surface area contributed by atoms with Crippen LogP contribution in [0.5, 0.6) is 0 Å². The van der Waals surface area contributed by atoms with Gasteiger partial charge in [-0.1, -0.05) is 19.3 Å². The standard InChI is InChI=1S/C21H32N2O4/c1-12(19(24)23-21(26)22-17-5-3-2-4-6-17)27-20(25)18-15-8-13-7-14(10-15)11-16(18)9-13/h12-18H,2-11H2,1H3,(H2,22,23,24,26)/t12-,13?,14?,15?,16?,18?/m0/s1. The molecular formula is C21H32N2O4. The van der Waals surface area contributed by atoms with Gasteiger partial charge >= 0.3 is 12.0 Å². The molecule has 0 spiro atoms. The number of urea groups is 1. The first-order chi connectivity index (χ1) is 13.0. The van der Waals surface area contributed by atoms with E-state index in [4.69, 9.17) is 4.74 Å². The number of hydrogen-bond acceptors (Lipinski definition) is 4. The van der Waals surface area contributed by atoms with E-state index in [2.05, 4.69) is 10.6 Å². The summed E-state index contributed by atoms with van der Waals surface area (Å²) < 4.78 is 5.50. The fraction of sp³-hybridized carbons (Fsp3) is 0.857. The van der Waals surface area contributed by atoms with Gasteiger partial charge in [0.15, 0.2) is 6.10 Å². The molecule has 0 saturated heterocycles. The number of ether oxygens (including phenoxy) is 1. The van der Waals surface area contributed by atoms with Gasteiger partial charge in [0.05, 0.1) is 5.92 Å². The summed E-state index contributed by atoms with van der Waals surface area (Å²) in [5, 5.41) is 5.19. The molecule has 5 saturated carbocycles. The molecule has 0 unspecified atom stereocenters. The smallest absolute Gasteiger partial charge is 0.321 e. The normalized spacial score (nSPS) is 36.1. The summed E-state index contributed by atoms with van der Waals surface area (Å²) in [5.74, 6) is 1.61. The predicted molar refractivity (Wildman–Crippen MR) is 99.6 cm³/mol. The summed E-state index contributed by atoms with van der Waals surface area (Å²) in [6, 6.07) is -0.345. The van der Waals surface area contributed by atoms with Gasteiger partial charge < -0.3 is 10.1 Å². The molecule has 0 aromatic heterocycles. The average molecular weight is 376 g/mol. The van der Waals surface area contributed by atoms with Gasteiger partial charge in [0.1, 0.15) is 0 Å². The third-order valence-corrected chi connectivity index (χ3v) is 7.34. The molecule has 1 atom stereocenters. The first kappa shape index (κ1) is 18.8. The summed E-state index contributed by atoms with van der Waals surface area (Å²) in [6.45, 7) is 1.55. The van der Waals surface area contributed by atoms with Crippen LogP contribution < -0.4 is 10.6 Å². The second kappa shape index (κ2) is 7.80. The molecule has 2 N–H and O–H groups in total. The Labute approximate surface area is 161 Å². The van der Waals surface area contributed by atoms with Gasteiger partial charge in [0, 0.05) is 6.04 Å². The van der Waals surface area contributed by atoms with E-state index in [9.17, 15) is 14.4 Å². The molecule has 0 aromatic rings. The molecule has 6 nitrogen and oxygen atoms in total. The molecule has 5 aliphatic carbocycles. The van der Waals surface area contributed by atoms with Crippen LogP contribution in [-0.2, 0) is 14.3 Å². The van der Waals surface area contributed by atoms with Crippen molar-refractivity contribution >= 4 is 17.9 Å². The Morgan fingerprint density at radius 3 is 2.07 bits per heavy atom. The summed E-state index contributed by atoms with van der Waals surface area (Å²) in [6.07, 6.45) is 10.3. The van der Waals surface area contributed by atoms with Crippen molar-refractivity contribution in [1.29, 1.82) is 0 Å². The molecule has 0 aromatic carbocycles. The SMILES string of the molecule is C[C@H](OC(=O)C1C2CC3CC(C2)CC1C3)C(=O)NC(=O)NC1CCCCC1. The summed E-state index contributed by atoms with van der Waals surface area (Å²) >= 11 is 0. The minimum Gasteiger partial charge on any atom is -0.452 e. The fourth-order valence-corrected chi connectivity index (χ4v) is 6.30. The number of nitrogens with one attached hydrogen (secondary N) is 2. The Kier molecular flexibility index (Phi) is 5.42. The number of carbonyl (C=O) groups is 3. The van der Waals surface area contributed by atoms with E-state index < -0.39 is 18.0 Å². The zero-order valence-corrected chi connectivity index (χ0v) is 16.2. The van der Waals surface area contributed by atoms with E-state index in [0.717, 1.165) is 63.2 Å². The minimum atomic E-state index is -0.938. The van der Waals surface area contributed by atoms with Crippen LogP contribution in [0.1, 0.15) is 71.1 Å². The van der Waals surface area contributed by atoms with Crippen LogP contribution in [0.2, 0.25) is 0 Å².